The van der Waals surface area contributed by atoms with Crippen molar-refractivity contribution in [2.45, 2.75) is 38.6 Å². The third kappa shape index (κ3) is 4.15. The molecule has 2 aliphatic heterocycles. The zero-order valence-corrected chi connectivity index (χ0v) is 15.8. The standard InChI is InChI=1S/C21H29N3O2/c1-16(25)24-14-10-18-5-3-4-6-19(18)20(24)15-21(26)23-12-8-17(9-13-23)7-11-22-2/h3-6,10,14,17,20,22H,7-9,11-13,15H2,1-2H3. The van der Waals surface area contributed by atoms with Gasteiger partial charge in [-0.3, -0.25) is 9.59 Å². The molecule has 26 heavy (non-hydrogen) atoms. The van der Waals surface area contributed by atoms with Crippen LogP contribution in [0.5, 0.6) is 0 Å². The summed E-state index contributed by atoms with van der Waals surface area (Å²) in [6, 6.07) is 7.82. The quantitative estimate of drug-likeness (QED) is 0.884. The van der Waals surface area contributed by atoms with E-state index < -0.39 is 0 Å². The van der Waals surface area contributed by atoms with Gasteiger partial charge in [0.15, 0.2) is 0 Å². The van der Waals surface area contributed by atoms with Gasteiger partial charge in [0.25, 0.3) is 0 Å². The number of carbonyl (C=O) groups is 2. The Labute approximate surface area is 156 Å². The van der Waals surface area contributed by atoms with E-state index in [9.17, 15) is 9.59 Å². The van der Waals surface area contributed by atoms with Crippen molar-refractivity contribution in [2.24, 2.45) is 5.92 Å². The van der Waals surface area contributed by atoms with Crippen LogP contribution in [-0.4, -0.2) is 48.3 Å². The van der Waals surface area contributed by atoms with Crippen LogP contribution in [0.4, 0.5) is 0 Å². The summed E-state index contributed by atoms with van der Waals surface area (Å²) in [4.78, 5) is 28.7. The molecule has 1 unspecified atom stereocenters. The van der Waals surface area contributed by atoms with Crippen LogP contribution in [-0.2, 0) is 9.59 Å². The second-order valence-electron chi connectivity index (χ2n) is 7.31. The molecule has 1 aromatic carbocycles. The topological polar surface area (TPSA) is 52.7 Å². The van der Waals surface area contributed by atoms with Crippen molar-refractivity contribution in [1.82, 2.24) is 15.1 Å². The van der Waals surface area contributed by atoms with Gasteiger partial charge >= 0.3 is 0 Å². The molecule has 0 saturated carbocycles. The van der Waals surface area contributed by atoms with Crippen LogP contribution in [0.3, 0.4) is 0 Å². The average Bonchev–Trinajstić information content (AvgIpc) is 2.66. The molecule has 0 aromatic heterocycles. The van der Waals surface area contributed by atoms with E-state index in [1.54, 1.807) is 11.8 Å². The maximum Gasteiger partial charge on any atom is 0.225 e. The van der Waals surface area contributed by atoms with Gasteiger partial charge in [-0.05, 0) is 56.0 Å². The molecule has 0 bridgehead atoms. The fraction of sp³-hybridized carbons (Fsp3) is 0.524. The van der Waals surface area contributed by atoms with E-state index in [4.69, 9.17) is 0 Å². The molecule has 3 rings (SSSR count). The normalized spacial score (nSPS) is 20.2. The SMILES string of the molecule is CNCCC1CCN(C(=O)CC2c3ccccc3C=CN2C(C)=O)CC1. The minimum Gasteiger partial charge on any atom is -0.343 e. The third-order valence-electron chi connectivity index (χ3n) is 5.61. The van der Waals surface area contributed by atoms with Crippen LogP contribution in [0.1, 0.15) is 49.8 Å². The molecule has 2 heterocycles. The van der Waals surface area contributed by atoms with E-state index in [2.05, 4.69) is 5.32 Å². The van der Waals surface area contributed by atoms with E-state index in [1.807, 2.05) is 48.5 Å². The fourth-order valence-corrected chi connectivity index (χ4v) is 4.03. The minimum absolute atomic E-state index is 0.0284. The van der Waals surface area contributed by atoms with E-state index in [1.165, 1.54) is 6.42 Å². The summed E-state index contributed by atoms with van der Waals surface area (Å²) >= 11 is 0. The van der Waals surface area contributed by atoms with Gasteiger partial charge in [0.2, 0.25) is 11.8 Å². The number of hydrogen-bond acceptors (Lipinski definition) is 3. The lowest BCUT2D eigenvalue weighted by Gasteiger charge is -2.36. The van der Waals surface area contributed by atoms with Gasteiger partial charge < -0.3 is 15.1 Å². The van der Waals surface area contributed by atoms with Crippen molar-refractivity contribution < 1.29 is 9.59 Å². The van der Waals surface area contributed by atoms with Crippen molar-refractivity contribution in [1.29, 1.82) is 0 Å². The number of amides is 2. The maximum atomic E-state index is 12.9. The Hall–Kier alpha value is -2.14. The van der Waals surface area contributed by atoms with Crippen molar-refractivity contribution in [2.75, 3.05) is 26.7 Å². The van der Waals surface area contributed by atoms with Gasteiger partial charge in [-0.1, -0.05) is 24.3 Å². The molecule has 5 nitrogen and oxygen atoms in total. The molecular weight excluding hydrogens is 326 g/mol. The van der Waals surface area contributed by atoms with Crippen LogP contribution in [0.15, 0.2) is 30.5 Å². The summed E-state index contributed by atoms with van der Waals surface area (Å²) in [6.45, 7) is 4.26. The van der Waals surface area contributed by atoms with E-state index >= 15 is 0 Å². The van der Waals surface area contributed by atoms with Gasteiger partial charge in [-0.15, -0.1) is 0 Å². The third-order valence-corrected chi connectivity index (χ3v) is 5.61. The van der Waals surface area contributed by atoms with Gasteiger partial charge in [0, 0.05) is 26.2 Å². The Morgan fingerprint density at radius 3 is 2.62 bits per heavy atom. The Morgan fingerprint density at radius 1 is 1.19 bits per heavy atom. The van der Waals surface area contributed by atoms with Crippen LogP contribution >= 0.6 is 0 Å². The molecule has 0 aliphatic carbocycles. The van der Waals surface area contributed by atoms with Gasteiger partial charge in [0.05, 0.1) is 12.5 Å². The number of nitrogens with one attached hydrogen (secondary N) is 1. The van der Waals surface area contributed by atoms with Crippen molar-refractivity contribution >= 4 is 17.9 Å². The Kier molecular flexibility index (Phi) is 6.09. The van der Waals surface area contributed by atoms with Gasteiger partial charge in [-0.2, -0.15) is 0 Å². The number of hydrogen-bond donors (Lipinski definition) is 1. The zero-order chi connectivity index (χ0) is 18.5. The summed E-state index contributed by atoms with van der Waals surface area (Å²) in [5.41, 5.74) is 2.15. The lowest BCUT2D eigenvalue weighted by Crippen LogP contribution is -2.41. The van der Waals surface area contributed by atoms with Crippen LogP contribution in [0, 0.1) is 5.92 Å². The number of likely N-dealkylation sites (tertiary alicyclic amines) is 1. The number of benzene rings is 1. The Balaban J connectivity index is 1.66. The summed E-state index contributed by atoms with van der Waals surface area (Å²) in [6.07, 6.45) is 7.44. The molecular formula is C21H29N3O2. The van der Waals surface area contributed by atoms with Crippen molar-refractivity contribution in [3.8, 4) is 0 Å². The van der Waals surface area contributed by atoms with Crippen LogP contribution < -0.4 is 5.32 Å². The monoisotopic (exact) mass is 355 g/mol. The molecule has 140 valence electrons. The average molecular weight is 355 g/mol. The molecule has 0 spiro atoms. The zero-order valence-electron chi connectivity index (χ0n) is 15.8. The van der Waals surface area contributed by atoms with Gasteiger partial charge in [-0.25, -0.2) is 0 Å². The highest BCUT2D eigenvalue weighted by Gasteiger charge is 2.31. The van der Waals surface area contributed by atoms with E-state index in [-0.39, 0.29) is 17.9 Å². The fourth-order valence-electron chi connectivity index (χ4n) is 4.03. The summed E-state index contributed by atoms with van der Waals surface area (Å²) in [5, 5.41) is 3.20. The smallest absolute Gasteiger partial charge is 0.225 e. The Bertz CT molecular complexity index is 678. The molecule has 1 fully saturated rings. The van der Waals surface area contributed by atoms with Crippen LogP contribution in [0.25, 0.3) is 6.08 Å². The summed E-state index contributed by atoms with van der Waals surface area (Å²) in [7, 11) is 1.98. The first kappa shape index (κ1) is 18.6. The summed E-state index contributed by atoms with van der Waals surface area (Å²) < 4.78 is 0. The molecule has 2 aliphatic rings. The first-order valence-electron chi connectivity index (χ1n) is 9.58. The highest BCUT2D eigenvalue weighted by atomic mass is 16.2. The minimum atomic E-state index is -0.205. The maximum absolute atomic E-state index is 12.9. The van der Waals surface area contributed by atoms with Crippen molar-refractivity contribution in [3.63, 3.8) is 0 Å². The number of nitrogens with zero attached hydrogens (tertiary/aromatic N) is 2. The Morgan fingerprint density at radius 2 is 1.92 bits per heavy atom. The first-order chi connectivity index (χ1) is 12.6. The van der Waals surface area contributed by atoms with E-state index in [0.29, 0.717) is 12.3 Å². The summed E-state index contributed by atoms with van der Waals surface area (Å²) in [5.74, 6) is 0.830. The molecule has 5 heteroatoms. The highest BCUT2D eigenvalue weighted by molar-refractivity contribution is 5.82. The molecule has 1 aromatic rings. The molecule has 1 N–H and O–H groups in total. The van der Waals surface area contributed by atoms with Gasteiger partial charge in [0.1, 0.15) is 0 Å². The lowest BCUT2D eigenvalue weighted by atomic mass is 9.91. The lowest BCUT2D eigenvalue weighted by molar-refractivity contribution is -0.135. The number of fused-ring (bicyclic) bond motifs is 1. The molecule has 2 amide bonds. The predicted octanol–water partition coefficient (Wildman–Crippen LogP) is 2.80. The second kappa shape index (κ2) is 8.49. The number of piperidine rings is 1. The van der Waals surface area contributed by atoms with Crippen LogP contribution in [0.2, 0.25) is 0 Å². The molecule has 1 saturated heterocycles. The number of rotatable bonds is 5. The number of carbonyl (C=O) groups excluding carboxylic acids is 2. The highest BCUT2D eigenvalue weighted by Crippen LogP contribution is 2.33. The molecule has 1 atom stereocenters. The largest absolute Gasteiger partial charge is 0.343 e. The second-order valence-corrected chi connectivity index (χ2v) is 7.31. The molecule has 0 radical (unpaired) electrons. The van der Waals surface area contributed by atoms with Crippen molar-refractivity contribution in [3.05, 3.63) is 41.6 Å². The predicted molar refractivity (Wildman–Crippen MR) is 103 cm³/mol. The first-order valence-corrected chi connectivity index (χ1v) is 9.58. The van der Waals surface area contributed by atoms with E-state index in [0.717, 1.165) is 43.6 Å².